The van der Waals surface area contributed by atoms with Gasteiger partial charge in [0, 0.05) is 18.2 Å². The molecule has 3 aliphatic rings. The van der Waals surface area contributed by atoms with Crippen LogP contribution in [0.5, 0.6) is 5.88 Å². The van der Waals surface area contributed by atoms with Crippen molar-refractivity contribution in [2.45, 2.75) is 57.2 Å². The number of hydrogen-bond donors (Lipinski definition) is 0. The molecule has 2 fully saturated rings. The van der Waals surface area contributed by atoms with Crippen LogP contribution in [-0.2, 0) is 10.2 Å². The molecule has 1 saturated carbocycles. The van der Waals surface area contributed by atoms with Crippen LogP contribution >= 0.6 is 0 Å². The van der Waals surface area contributed by atoms with E-state index in [0.29, 0.717) is 30.4 Å². The van der Waals surface area contributed by atoms with Crippen molar-refractivity contribution in [3.05, 3.63) is 35.8 Å². The lowest BCUT2D eigenvalue weighted by Crippen LogP contribution is -2.57. The minimum Gasteiger partial charge on any atom is -0.470 e. The second-order valence-electron chi connectivity index (χ2n) is 9.74. The van der Waals surface area contributed by atoms with E-state index in [1.54, 1.807) is 23.2 Å². The number of ether oxygens (including phenoxy) is 2. The SMILES string of the molecule is CC(C)(C)OC(=O)N1CC(Oc2ncnc3c2C2(CCC2)CN3c2cc(C#N)ccn2)C1. The topological polar surface area (TPSA) is 104 Å². The summed E-state index contributed by atoms with van der Waals surface area (Å²) in [4.78, 5) is 29.5. The predicted octanol–water partition coefficient (Wildman–Crippen LogP) is 3.31. The molecule has 0 aromatic carbocycles. The Bertz CT molecular complexity index is 1100. The van der Waals surface area contributed by atoms with Crippen LogP contribution in [0.15, 0.2) is 24.7 Å². The first-order valence-electron chi connectivity index (χ1n) is 10.9. The molecule has 32 heavy (non-hydrogen) atoms. The van der Waals surface area contributed by atoms with Crippen LogP contribution < -0.4 is 9.64 Å². The molecule has 9 nitrogen and oxygen atoms in total. The molecule has 0 bridgehead atoms. The van der Waals surface area contributed by atoms with E-state index >= 15 is 0 Å². The van der Waals surface area contributed by atoms with Crippen molar-refractivity contribution in [3.63, 3.8) is 0 Å². The number of carbonyl (C=O) groups is 1. The van der Waals surface area contributed by atoms with Crippen LogP contribution in [0, 0.1) is 11.3 Å². The highest BCUT2D eigenvalue weighted by Gasteiger charge is 2.51. The molecule has 2 aromatic heterocycles. The van der Waals surface area contributed by atoms with Gasteiger partial charge in [0.15, 0.2) is 0 Å². The largest absolute Gasteiger partial charge is 0.470 e. The Hall–Kier alpha value is -3.41. The highest BCUT2D eigenvalue weighted by molar-refractivity contribution is 5.71. The number of rotatable bonds is 3. The number of hydrogen-bond acceptors (Lipinski definition) is 8. The number of pyridine rings is 1. The van der Waals surface area contributed by atoms with Crippen molar-refractivity contribution in [1.29, 1.82) is 5.26 Å². The van der Waals surface area contributed by atoms with E-state index in [1.807, 2.05) is 20.8 Å². The summed E-state index contributed by atoms with van der Waals surface area (Å²) in [6.45, 7) is 7.25. The van der Waals surface area contributed by atoms with Gasteiger partial charge in [-0.2, -0.15) is 5.26 Å². The second-order valence-corrected chi connectivity index (χ2v) is 9.74. The van der Waals surface area contributed by atoms with Gasteiger partial charge in [-0.1, -0.05) is 6.42 Å². The van der Waals surface area contributed by atoms with Crippen molar-refractivity contribution < 1.29 is 14.3 Å². The minimum absolute atomic E-state index is 0.0646. The van der Waals surface area contributed by atoms with Gasteiger partial charge in [-0.15, -0.1) is 0 Å². The van der Waals surface area contributed by atoms with Crippen LogP contribution in [0.2, 0.25) is 0 Å². The van der Waals surface area contributed by atoms with Gasteiger partial charge in [-0.25, -0.2) is 19.7 Å². The minimum atomic E-state index is -0.520. The van der Waals surface area contributed by atoms with Crippen LogP contribution in [0.4, 0.5) is 16.4 Å². The predicted molar refractivity (Wildman–Crippen MR) is 116 cm³/mol. The van der Waals surface area contributed by atoms with Gasteiger partial charge in [0.05, 0.1) is 30.3 Å². The molecule has 0 unspecified atom stereocenters. The highest BCUT2D eigenvalue weighted by atomic mass is 16.6. The zero-order chi connectivity index (χ0) is 22.5. The summed E-state index contributed by atoms with van der Waals surface area (Å²) in [6.07, 6.45) is 5.92. The van der Waals surface area contributed by atoms with Crippen LogP contribution in [0.3, 0.4) is 0 Å². The summed E-state index contributed by atoms with van der Waals surface area (Å²) in [5.74, 6) is 2.08. The standard InChI is InChI=1S/C23H26N6O3/c1-22(2,3)32-21(30)28-11-16(12-28)31-20-18-19(26-14-27-20)29(13-23(18)6-4-7-23)17-9-15(10-24)5-8-25-17/h5,8-9,14,16H,4,6-7,11-13H2,1-3H3. The number of fused-ring (bicyclic) bond motifs is 2. The number of anilines is 2. The van der Waals surface area contributed by atoms with Gasteiger partial charge in [0.1, 0.15) is 29.7 Å². The zero-order valence-corrected chi connectivity index (χ0v) is 18.5. The lowest BCUT2D eigenvalue weighted by molar-refractivity contribution is -0.0238. The average Bonchev–Trinajstić information content (AvgIpc) is 3.06. The summed E-state index contributed by atoms with van der Waals surface area (Å²) < 4.78 is 11.7. The van der Waals surface area contributed by atoms with E-state index in [1.165, 1.54) is 6.33 Å². The Morgan fingerprint density at radius 3 is 2.69 bits per heavy atom. The van der Waals surface area contributed by atoms with Crippen molar-refractivity contribution in [3.8, 4) is 11.9 Å². The first-order chi connectivity index (χ1) is 15.3. The monoisotopic (exact) mass is 434 g/mol. The lowest BCUT2D eigenvalue weighted by Gasteiger charge is -2.41. The Morgan fingerprint density at radius 1 is 1.25 bits per heavy atom. The summed E-state index contributed by atoms with van der Waals surface area (Å²) >= 11 is 0. The Morgan fingerprint density at radius 2 is 2.03 bits per heavy atom. The third kappa shape index (κ3) is 3.49. The van der Waals surface area contributed by atoms with Gasteiger partial charge in [-0.3, -0.25) is 0 Å². The number of nitriles is 1. The summed E-state index contributed by atoms with van der Waals surface area (Å²) in [5, 5.41) is 9.28. The van der Waals surface area contributed by atoms with Gasteiger partial charge >= 0.3 is 6.09 Å². The van der Waals surface area contributed by atoms with Crippen molar-refractivity contribution in [2.24, 2.45) is 0 Å². The molecule has 1 aliphatic carbocycles. The summed E-state index contributed by atoms with van der Waals surface area (Å²) in [5.41, 5.74) is 0.998. The van der Waals surface area contributed by atoms with Gasteiger partial charge in [-0.05, 0) is 45.7 Å². The fourth-order valence-corrected chi connectivity index (χ4v) is 4.56. The molecule has 9 heteroatoms. The molecule has 4 heterocycles. The molecule has 1 spiro atoms. The second kappa shape index (κ2) is 7.33. The molecular weight excluding hydrogens is 408 g/mol. The van der Waals surface area contributed by atoms with Crippen molar-refractivity contribution >= 4 is 17.7 Å². The molecule has 5 rings (SSSR count). The van der Waals surface area contributed by atoms with Crippen molar-refractivity contribution in [1.82, 2.24) is 19.9 Å². The molecule has 0 radical (unpaired) electrons. The zero-order valence-electron chi connectivity index (χ0n) is 18.5. The normalized spacial score (nSPS) is 19.1. The first-order valence-corrected chi connectivity index (χ1v) is 10.9. The van der Waals surface area contributed by atoms with E-state index in [-0.39, 0.29) is 17.6 Å². The van der Waals surface area contributed by atoms with E-state index in [9.17, 15) is 10.1 Å². The number of likely N-dealkylation sites (tertiary alicyclic amines) is 1. The van der Waals surface area contributed by atoms with Crippen molar-refractivity contribution in [2.75, 3.05) is 24.5 Å². The number of amides is 1. The fraction of sp³-hybridized carbons (Fsp3) is 0.522. The van der Waals surface area contributed by atoms with E-state index in [2.05, 4.69) is 25.9 Å². The van der Waals surface area contributed by atoms with Gasteiger partial charge in [0.2, 0.25) is 5.88 Å². The fourth-order valence-electron chi connectivity index (χ4n) is 4.56. The maximum atomic E-state index is 12.2. The van der Waals surface area contributed by atoms with Crippen LogP contribution in [0.1, 0.15) is 51.2 Å². The van der Waals surface area contributed by atoms with Crippen LogP contribution in [-0.4, -0.2) is 57.3 Å². The van der Waals surface area contributed by atoms with E-state index in [4.69, 9.17) is 9.47 Å². The smallest absolute Gasteiger partial charge is 0.410 e. The number of aromatic nitrogens is 3. The molecular formula is C23H26N6O3. The molecule has 0 atom stereocenters. The summed E-state index contributed by atoms with van der Waals surface area (Å²) in [7, 11) is 0. The Labute approximate surface area is 187 Å². The molecule has 1 amide bonds. The van der Waals surface area contributed by atoms with E-state index in [0.717, 1.165) is 37.2 Å². The van der Waals surface area contributed by atoms with Gasteiger partial charge in [0.25, 0.3) is 0 Å². The van der Waals surface area contributed by atoms with Gasteiger partial charge < -0.3 is 19.3 Å². The molecule has 1 saturated heterocycles. The maximum absolute atomic E-state index is 12.2. The Kier molecular flexibility index (Phi) is 4.69. The maximum Gasteiger partial charge on any atom is 0.410 e. The summed E-state index contributed by atoms with van der Waals surface area (Å²) in [6, 6.07) is 5.66. The first kappa shape index (κ1) is 20.5. The Balaban J connectivity index is 1.37. The number of carbonyl (C=O) groups excluding carboxylic acids is 1. The number of nitrogens with zero attached hydrogens (tertiary/aromatic N) is 6. The lowest BCUT2D eigenvalue weighted by atomic mass is 9.66. The van der Waals surface area contributed by atoms with Crippen LogP contribution in [0.25, 0.3) is 0 Å². The average molecular weight is 435 g/mol. The molecule has 0 N–H and O–H groups in total. The quantitative estimate of drug-likeness (QED) is 0.725. The molecule has 2 aromatic rings. The highest BCUT2D eigenvalue weighted by Crippen LogP contribution is 2.56. The molecule has 166 valence electrons. The third-order valence-electron chi connectivity index (χ3n) is 6.28. The van der Waals surface area contributed by atoms with E-state index < -0.39 is 5.60 Å². The third-order valence-corrected chi connectivity index (χ3v) is 6.28. The molecule has 2 aliphatic heterocycles.